The van der Waals surface area contributed by atoms with Crippen molar-refractivity contribution in [3.8, 4) is 11.8 Å². The second-order valence-electron chi connectivity index (χ2n) is 4.39. The first-order chi connectivity index (χ1) is 10.2. The Morgan fingerprint density at radius 2 is 2.29 bits per heavy atom. The molecule has 0 bridgehead atoms. The van der Waals surface area contributed by atoms with Crippen molar-refractivity contribution >= 4 is 23.1 Å². The molecule has 0 fully saturated rings. The van der Waals surface area contributed by atoms with Crippen LogP contribution in [0.2, 0.25) is 0 Å². The highest BCUT2D eigenvalue weighted by molar-refractivity contribution is 7.08. The van der Waals surface area contributed by atoms with Crippen LogP contribution >= 0.6 is 11.5 Å². The van der Waals surface area contributed by atoms with Gasteiger partial charge in [0.05, 0.1) is 12.2 Å². The number of carbonyl (C=O) groups excluding carboxylic acids is 1. The van der Waals surface area contributed by atoms with E-state index >= 15 is 0 Å². The molecule has 0 aliphatic heterocycles. The number of aryl methyl sites for hydroxylation is 2. The molecule has 2 rings (SSSR count). The van der Waals surface area contributed by atoms with Crippen LogP contribution in [0.25, 0.3) is 0 Å². The average molecular weight is 300 g/mol. The number of nitrogens with zero attached hydrogens (tertiary/aromatic N) is 2. The normalized spacial score (nSPS) is 9.86. The molecule has 2 aromatic rings. The van der Waals surface area contributed by atoms with Gasteiger partial charge in [0.1, 0.15) is 4.88 Å². The summed E-state index contributed by atoms with van der Waals surface area (Å²) in [6.45, 7) is 4.20. The van der Waals surface area contributed by atoms with Crippen LogP contribution in [0.15, 0.2) is 18.2 Å². The number of nitrogens with two attached hydrogens (primary N) is 1. The third-order valence-electron chi connectivity index (χ3n) is 2.91. The minimum absolute atomic E-state index is 0.175. The molecule has 0 unspecified atom stereocenters. The van der Waals surface area contributed by atoms with Gasteiger partial charge in [-0.25, -0.2) is 0 Å². The zero-order valence-electron chi connectivity index (χ0n) is 11.9. The number of hydrogen-bond acceptors (Lipinski definition) is 5. The van der Waals surface area contributed by atoms with Gasteiger partial charge in [0, 0.05) is 11.3 Å². The number of amides is 1. The summed E-state index contributed by atoms with van der Waals surface area (Å²) in [6.07, 6.45) is 0.686. The lowest BCUT2D eigenvalue weighted by molar-refractivity contribution is 0.102. The largest absolute Gasteiger partial charge is 0.321 e. The van der Waals surface area contributed by atoms with Crippen molar-refractivity contribution in [2.24, 2.45) is 5.73 Å². The number of benzene rings is 1. The maximum absolute atomic E-state index is 12.2. The van der Waals surface area contributed by atoms with E-state index < -0.39 is 0 Å². The molecule has 0 spiro atoms. The molecule has 5 nitrogen and oxygen atoms in total. The monoisotopic (exact) mass is 300 g/mol. The summed E-state index contributed by atoms with van der Waals surface area (Å²) < 4.78 is 3.83. The number of hydrogen-bond donors (Lipinski definition) is 2. The van der Waals surface area contributed by atoms with Gasteiger partial charge in [-0.3, -0.25) is 4.79 Å². The van der Waals surface area contributed by atoms with Crippen LogP contribution < -0.4 is 11.1 Å². The molecule has 0 aliphatic carbocycles. The zero-order valence-corrected chi connectivity index (χ0v) is 12.8. The molecule has 0 aliphatic rings. The van der Waals surface area contributed by atoms with Crippen LogP contribution in [0.4, 0.5) is 5.69 Å². The summed E-state index contributed by atoms with van der Waals surface area (Å²) in [4.78, 5) is 12.8. The highest BCUT2D eigenvalue weighted by Gasteiger charge is 2.15. The fourth-order valence-electron chi connectivity index (χ4n) is 1.83. The summed E-state index contributed by atoms with van der Waals surface area (Å²) in [6, 6.07) is 5.62. The molecule has 0 saturated carbocycles. The van der Waals surface area contributed by atoms with Gasteiger partial charge in [0.15, 0.2) is 0 Å². The van der Waals surface area contributed by atoms with Crippen molar-refractivity contribution in [2.45, 2.75) is 20.3 Å². The Balaban J connectivity index is 2.18. The zero-order chi connectivity index (χ0) is 15.2. The Kier molecular flexibility index (Phi) is 5.04. The van der Waals surface area contributed by atoms with E-state index in [1.807, 2.05) is 32.0 Å². The Hall–Kier alpha value is -2.23. The van der Waals surface area contributed by atoms with Crippen molar-refractivity contribution in [1.29, 1.82) is 0 Å². The van der Waals surface area contributed by atoms with Crippen LogP contribution in [0, 0.1) is 18.8 Å². The standard InChI is InChI=1S/C15H16N4OS/c1-3-12-14(21-19-18-12)15(20)17-13-7-6-11(5-4-8-16)9-10(13)2/h6-7,9H,3,8,16H2,1-2H3,(H,17,20). The van der Waals surface area contributed by atoms with Crippen molar-refractivity contribution in [3.05, 3.63) is 39.9 Å². The topological polar surface area (TPSA) is 80.9 Å². The van der Waals surface area contributed by atoms with E-state index in [9.17, 15) is 4.79 Å². The lowest BCUT2D eigenvalue weighted by Crippen LogP contribution is -2.13. The maximum Gasteiger partial charge on any atom is 0.269 e. The smallest absolute Gasteiger partial charge is 0.269 e. The van der Waals surface area contributed by atoms with E-state index in [2.05, 4.69) is 26.7 Å². The van der Waals surface area contributed by atoms with E-state index in [4.69, 9.17) is 5.73 Å². The molecule has 108 valence electrons. The number of carbonyl (C=O) groups is 1. The Labute approximate surface area is 127 Å². The van der Waals surface area contributed by atoms with E-state index in [0.29, 0.717) is 17.8 Å². The Bertz CT molecular complexity index is 712. The molecular weight excluding hydrogens is 284 g/mol. The summed E-state index contributed by atoms with van der Waals surface area (Å²) in [5.41, 5.74) is 8.66. The average Bonchev–Trinajstić information content (AvgIpc) is 2.96. The predicted molar refractivity (Wildman–Crippen MR) is 84.4 cm³/mol. The van der Waals surface area contributed by atoms with Gasteiger partial charge < -0.3 is 11.1 Å². The first-order valence-corrected chi connectivity index (χ1v) is 7.35. The number of anilines is 1. The second-order valence-corrected chi connectivity index (χ2v) is 5.15. The minimum atomic E-state index is -0.175. The Morgan fingerprint density at radius 3 is 2.95 bits per heavy atom. The van der Waals surface area contributed by atoms with Crippen molar-refractivity contribution in [3.63, 3.8) is 0 Å². The summed E-state index contributed by atoms with van der Waals surface area (Å²) >= 11 is 1.11. The highest BCUT2D eigenvalue weighted by Crippen LogP contribution is 2.19. The van der Waals surface area contributed by atoms with Gasteiger partial charge in [-0.1, -0.05) is 23.3 Å². The summed E-state index contributed by atoms with van der Waals surface area (Å²) in [5, 5.41) is 6.83. The molecule has 1 aromatic carbocycles. The first kappa shape index (κ1) is 15.2. The number of aromatic nitrogens is 2. The van der Waals surface area contributed by atoms with Crippen LogP contribution in [0.5, 0.6) is 0 Å². The van der Waals surface area contributed by atoms with Gasteiger partial charge in [-0.05, 0) is 48.6 Å². The fraction of sp³-hybridized carbons (Fsp3) is 0.267. The summed E-state index contributed by atoms with van der Waals surface area (Å²) in [5.74, 6) is 5.60. The van der Waals surface area contributed by atoms with Crippen molar-refractivity contribution in [1.82, 2.24) is 9.59 Å². The molecular formula is C15H16N4OS. The van der Waals surface area contributed by atoms with E-state index in [0.717, 1.165) is 34.0 Å². The predicted octanol–water partition coefficient (Wildman–Crippen LogP) is 1.97. The van der Waals surface area contributed by atoms with E-state index in [1.54, 1.807) is 0 Å². The van der Waals surface area contributed by atoms with Gasteiger partial charge in [0.2, 0.25) is 0 Å². The first-order valence-electron chi connectivity index (χ1n) is 6.57. The minimum Gasteiger partial charge on any atom is -0.321 e. The fourth-order valence-corrected chi connectivity index (χ4v) is 2.47. The SMILES string of the molecule is CCc1nnsc1C(=O)Nc1ccc(C#CCN)cc1C. The van der Waals surface area contributed by atoms with Gasteiger partial charge in [-0.15, -0.1) is 5.10 Å². The molecule has 1 amide bonds. The van der Waals surface area contributed by atoms with Crippen LogP contribution in [0.3, 0.4) is 0 Å². The van der Waals surface area contributed by atoms with Gasteiger partial charge in [0.25, 0.3) is 5.91 Å². The lowest BCUT2D eigenvalue weighted by Gasteiger charge is -2.08. The molecule has 0 atom stereocenters. The molecule has 1 aromatic heterocycles. The van der Waals surface area contributed by atoms with Crippen molar-refractivity contribution in [2.75, 3.05) is 11.9 Å². The third-order valence-corrected chi connectivity index (χ3v) is 3.67. The van der Waals surface area contributed by atoms with Crippen LogP contribution in [-0.4, -0.2) is 22.0 Å². The number of rotatable bonds is 3. The molecule has 3 N–H and O–H groups in total. The molecule has 0 radical (unpaired) electrons. The number of nitrogens with one attached hydrogen (secondary N) is 1. The maximum atomic E-state index is 12.2. The van der Waals surface area contributed by atoms with Crippen LogP contribution in [-0.2, 0) is 6.42 Å². The second kappa shape index (κ2) is 6.97. The molecule has 6 heteroatoms. The van der Waals surface area contributed by atoms with E-state index in [-0.39, 0.29) is 5.91 Å². The van der Waals surface area contributed by atoms with Gasteiger partial charge in [-0.2, -0.15) is 0 Å². The van der Waals surface area contributed by atoms with Crippen molar-refractivity contribution < 1.29 is 4.79 Å². The molecule has 0 saturated heterocycles. The highest BCUT2D eigenvalue weighted by atomic mass is 32.1. The molecule has 1 heterocycles. The molecule has 21 heavy (non-hydrogen) atoms. The Morgan fingerprint density at radius 1 is 1.48 bits per heavy atom. The lowest BCUT2D eigenvalue weighted by atomic mass is 10.1. The van der Waals surface area contributed by atoms with Gasteiger partial charge >= 0.3 is 0 Å². The van der Waals surface area contributed by atoms with Crippen LogP contribution in [0.1, 0.15) is 33.4 Å². The quantitative estimate of drug-likeness (QED) is 0.849. The summed E-state index contributed by atoms with van der Waals surface area (Å²) in [7, 11) is 0. The van der Waals surface area contributed by atoms with E-state index in [1.165, 1.54) is 0 Å². The third kappa shape index (κ3) is 3.66.